The zero-order chi connectivity index (χ0) is 96.8. The Bertz CT molecular complexity index is 9210. The molecule has 0 spiro atoms. The van der Waals surface area contributed by atoms with Gasteiger partial charge < -0.3 is 0 Å². The Kier molecular flexibility index (Phi) is 18.4. The van der Waals surface area contributed by atoms with Crippen molar-refractivity contribution < 1.29 is 18.3 Å². The fraction of sp³-hybridized carbons (Fsp3) is 0.173. The van der Waals surface area contributed by atoms with Gasteiger partial charge in [0.2, 0.25) is 20.1 Å². The summed E-state index contributed by atoms with van der Waals surface area (Å²) in [6.07, 6.45) is 16.3. The second-order valence-electron chi connectivity index (χ2n) is 43.9. The molecule has 682 valence electrons. The van der Waals surface area contributed by atoms with Gasteiger partial charge in [-0.2, -0.15) is 14.1 Å². The number of imidazole rings is 2. The fourth-order valence-electron chi connectivity index (χ4n) is 27.4. The third-order valence-corrected chi connectivity index (χ3v) is 33.8. The van der Waals surface area contributed by atoms with E-state index in [1.54, 1.807) is 18.1 Å². The summed E-state index contributed by atoms with van der Waals surface area (Å²) >= 11 is 0. The van der Waals surface area contributed by atoms with Gasteiger partial charge in [-0.15, -0.1) is 0 Å². The molecule has 23 aromatic rings. The molecule has 0 saturated heterocycles. The van der Waals surface area contributed by atoms with E-state index in [0.717, 1.165) is 71.1 Å². The first kappa shape index (κ1) is 85.2. The molecule has 12 nitrogen and oxygen atoms in total. The quantitative estimate of drug-likeness (QED) is 0.127. The summed E-state index contributed by atoms with van der Waals surface area (Å²) < 4.78 is 16.5. The van der Waals surface area contributed by atoms with Crippen LogP contribution in [0.3, 0.4) is 0 Å². The molecule has 0 amide bonds. The molecule has 0 fully saturated rings. The number of hydrogen-bond donors (Lipinski definition) is 0. The van der Waals surface area contributed by atoms with Crippen LogP contribution in [0.1, 0.15) is 131 Å². The lowest BCUT2D eigenvalue weighted by molar-refractivity contribution is -0.665. The first-order valence-corrected chi connectivity index (χ1v) is 50.9. The van der Waals surface area contributed by atoms with Gasteiger partial charge in [0.15, 0.2) is 29.1 Å². The smallest absolute Gasteiger partial charge is 0.254 e. The van der Waals surface area contributed by atoms with Crippen molar-refractivity contribution in [3.63, 3.8) is 0 Å². The molecule has 8 aliphatic heterocycles. The highest BCUT2D eigenvalue weighted by atomic mass is 15.3. The number of benzene rings is 14. The number of para-hydroxylation sites is 3. The van der Waals surface area contributed by atoms with Gasteiger partial charge in [0, 0.05) is 68.1 Å². The van der Waals surface area contributed by atoms with Gasteiger partial charge in [-0.25, -0.2) is 38.2 Å². The minimum Gasteiger partial charge on any atom is -0.254 e. The number of hydrogen-bond acceptors (Lipinski definition) is 5. The van der Waals surface area contributed by atoms with Crippen molar-refractivity contribution in [2.24, 2.45) is 28.2 Å². The van der Waals surface area contributed by atoms with Crippen LogP contribution < -0.4 is 84.1 Å². The van der Waals surface area contributed by atoms with Crippen molar-refractivity contribution in [1.29, 1.82) is 0 Å². The average Bonchev–Trinajstić information content (AvgIpc) is 1.67. The molecule has 9 aromatic heterocycles. The van der Waals surface area contributed by atoms with E-state index in [2.05, 4.69) is 435 Å². The summed E-state index contributed by atoms with van der Waals surface area (Å²) in [5.41, 5.74) is 56.4. The molecule has 0 unspecified atom stereocenters. The van der Waals surface area contributed by atoms with Crippen LogP contribution >= 0.6 is 0 Å². The molecular weight excluding hydrogens is 1740 g/mol. The van der Waals surface area contributed by atoms with Gasteiger partial charge in [0.1, 0.15) is 37.8 Å². The number of pyridine rings is 4. The van der Waals surface area contributed by atoms with Crippen molar-refractivity contribution in [1.82, 2.24) is 38.5 Å². The van der Waals surface area contributed by atoms with Crippen LogP contribution in [0.15, 0.2) is 304 Å². The van der Waals surface area contributed by atoms with E-state index in [1.807, 2.05) is 0 Å². The van der Waals surface area contributed by atoms with E-state index < -0.39 is 0 Å². The summed E-state index contributed by atoms with van der Waals surface area (Å²) in [5, 5.41) is 13.1. The van der Waals surface area contributed by atoms with Crippen LogP contribution in [0.2, 0.25) is 0 Å². The predicted octanol–water partition coefficient (Wildman–Crippen LogP) is 16.1. The molecule has 16 heteroatoms. The Morgan fingerprint density at radius 1 is 0.287 bits per heavy atom. The lowest BCUT2D eigenvalue weighted by atomic mass is 9.29. The first-order chi connectivity index (χ1) is 69.4. The minimum atomic E-state index is 0.0278. The highest BCUT2D eigenvalue weighted by Gasteiger charge is 2.52. The number of aryl methyl sites for hydroxylation is 10. The second kappa shape index (κ2) is 30.9. The van der Waals surface area contributed by atoms with E-state index in [9.17, 15) is 0 Å². The van der Waals surface area contributed by atoms with Crippen molar-refractivity contribution in [2.45, 2.75) is 120 Å². The molecule has 0 N–H and O–H groups in total. The van der Waals surface area contributed by atoms with E-state index in [-0.39, 0.29) is 37.7 Å². The molecule has 0 aliphatic carbocycles. The Hall–Kier alpha value is -15.8. The van der Waals surface area contributed by atoms with Crippen molar-refractivity contribution in [2.75, 3.05) is 0 Å². The van der Waals surface area contributed by atoms with E-state index >= 15 is 0 Å². The van der Waals surface area contributed by atoms with Gasteiger partial charge in [0.25, 0.3) is 11.6 Å². The molecule has 0 radical (unpaired) electrons. The molecule has 0 bridgehead atoms. The normalized spacial score (nSPS) is 13.6. The summed E-state index contributed by atoms with van der Waals surface area (Å²) in [5.74, 6) is 3.31. The van der Waals surface area contributed by atoms with Gasteiger partial charge in [0.05, 0.1) is 65.8 Å². The summed E-state index contributed by atoms with van der Waals surface area (Å²) in [4.78, 5) is 24.5. The van der Waals surface area contributed by atoms with Gasteiger partial charge >= 0.3 is 12.5 Å². The molecule has 31 rings (SSSR count). The standard InChI is InChI=1S/C39H36BN4.C38H36BN2.C26H17BN2.C24H17BN4/c1-23-11-9-12-25-19-26-13-10-14-27-20-28-21-32-37(24(2)35(28)40(34(23)25)36(26)27)44(33-22-29(39(3,4)5)17-18-42(33)6)38-41-30-15-7-8-16-31(30)43(32)38;1-23-11-9-12-25-19-26-13-10-14-27-20-28-21-31-30-15-7-8-16-32(30)41(33-22-29(38(3,4)5)17-18-40(33)6)37(31)24(2)35(28)39(34(23)25)36(26)27;1-14-9-11-16-5-3-7-18-20(16)22(14)27-23-15(2)10-12-17-6-4-8-19(21(17)23)26-24(27)25(18)28-13-29-26;1-28-11-9-14-5-3-7-16-18(14)23(28)25-20-21(16)26-13-27-22(20)17-8-4-6-15-10-12-29(2)24(25)19(15)17/h7-18,21-22H,19-20H2,1-6H3;7-18,21-22H,19-20H2,1-6H3;2*3-13H,1-2H3/q2*+1;;+2. The SMILES string of the molecule is C[n+]1ccc2cccc3c2c1B1c2c-3ncnc2-c2cccc3cc[n+](C)c1c23.Cc1ccc2cccc3c2c1B1c2c-3ncnc2-c2cccc3ccc(C)c1c23.Cc1cccc2c1B1c3c(cccc3Cc3cc4c(c(C)c31)n(-c1cc(C(C)(C)C)cc[n+]1C)c1nc3ccccc3n41)C2.Cc1cccc2c1B1c3c(cccc3Cc3cc4c5ccccc5n(-c5cc(C(C)(C)C)cc[n+]5C)c4c(C)c31)C2. The van der Waals surface area contributed by atoms with Crippen molar-refractivity contribution in [3.05, 3.63) is 393 Å². The lowest BCUT2D eigenvalue weighted by Gasteiger charge is -2.35. The van der Waals surface area contributed by atoms with Crippen LogP contribution in [0, 0.1) is 41.5 Å². The maximum Gasteiger partial charge on any atom is 0.411 e. The van der Waals surface area contributed by atoms with Crippen LogP contribution in [0.4, 0.5) is 0 Å². The van der Waals surface area contributed by atoms with E-state index in [4.69, 9.17) is 24.9 Å². The average molecular weight is 1840 g/mol. The minimum absolute atomic E-state index is 0.0278. The Morgan fingerprint density at radius 2 is 0.671 bits per heavy atom. The third-order valence-electron chi connectivity index (χ3n) is 33.8. The van der Waals surface area contributed by atoms with Crippen molar-refractivity contribution in [3.8, 4) is 56.7 Å². The Balaban J connectivity index is 0.0000000944. The van der Waals surface area contributed by atoms with Crippen LogP contribution in [0.5, 0.6) is 0 Å². The first-order valence-electron chi connectivity index (χ1n) is 50.9. The second-order valence-corrected chi connectivity index (χ2v) is 43.9. The largest absolute Gasteiger partial charge is 0.411 e. The molecule has 0 saturated carbocycles. The summed E-state index contributed by atoms with van der Waals surface area (Å²) in [6, 6.07) is 99.3. The maximum atomic E-state index is 5.30. The molecule has 143 heavy (non-hydrogen) atoms. The van der Waals surface area contributed by atoms with Crippen LogP contribution in [0.25, 0.3) is 149 Å². The van der Waals surface area contributed by atoms with Crippen LogP contribution in [-0.4, -0.2) is 65.3 Å². The van der Waals surface area contributed by atoms with Gasteiger partial charge in [-0.05, 0) is 237 Å². The Morgan fingerprint density at radius 3 is 1.16 bits per heavy atom. The fourth-order valence-corrected chi connectivity index (χ4v) is 27.4. The zero-order valence-electron chi connectivity index (χ0n) is 83.9. The summed E-state index contributed by atoms with van der Waals surface area (Å²) in [6.45, 7) is 28.4. The number of aromatic nitrogens is 12. The number of fused-ring (bicyclic) bond motifs is 24. The topological polar surface area (TPSA) is 94.2 Å². The van der Waals surface area contributed by atoms with Crippen molar-refractivity contribution >= 4 is 185 Å². The molecule has 17 heterocycles. The highest BCUT2D eigenvalue weighted by molar-refractivity contribution is 7.02. The Labute approximate surface area is 834 Å². The molecule has 14 aromatic carbocycles. The monoisotopic (exact) mass is 1840 g/mol. The maximum absolute atomic E-state index is 5.30. The lowest BCUT2D eigenvalue weighted by Crippen LogP contribution is -2.73. The van der Waals surface area contributed by atoms with E-state index in [0.29, 0.717) is 0 Å². The zero-order valence-corrected chi connectivity index (χ0v) is 83.9. The van der Waals surface area contributed by atoms with Gasteiger partial charge in [-0.1, -0.05) is 302 Å². The molecule has 0 atom stereocenters. The van der Waals surface area contributed by atoms with E-state index in [1.165, 1.54) is 253 Å². The molecular formula is C127H106B4N12+4. The molecule has 8 aliphatic rings. The third kappa shape index (κ3) is 12.2. The highest BCUT2D eigenvalue weighted by Crippen LogP contribution is 2.44. The predicted molar refractivity (Wildman–Crippen MR) is 592 cm³/mol. The van der Waals surface area contributed by atoms with Gasteiger partial charge in [-0.3, -0.25) is 4.40 Å². The summed E-state index contributed by atoms with van der Waals surface area (Å²) in [7, 11) is 8.64. The number of rotatable bonds is 2. The number of nitrogens with zero attached hydrogens (tertiary/aromatic N) is 12. The van der Waals surface area contributed by atoms with Crippen LogP contribution in [-0.2, 0) is 64.7 Å².